The minimum atomic E-state index is -3.53. The molecule has 0 saturated carbocycles. The number of alkyl halides is 2. The van der Waals surface area contributed by atoms with Gasteiger partial charge in [-0.15, -0.1) is 0 Å². The Labute approximate surface area is 179 Å². The van der Waals surface area contributed by atoms with Gasteiger partial charge in [-0.05, 0) is 43.3 Å². The normalized spacial score (nSPS) is 16.0. The van der Waals surface area contributed by atoms with Crippen LogP contribution in [-0.2, 0) is 14.8 Å². The van der Waals surface area contributed by atoms with Gasteiger partial charge in [-0.25, -0.2) is 8.42 Å². The lowest BCUT2D eigenvalue weighted by atomic mass is 10.2. The number of halogens is 2. The first-order valence-electron chi connectivity index (χ1n) is 9.49. The summed E-state index contributed by atoms with van der Waals surface area (Å²) < 4.78 is 51.7. The van der Waals surface area contributed by atoms with Gasteiger partial charge in [0.2, 0.25) is 10.0 Å². The summed E-state index contributed by atoms with van der Waals surface area (Å²) in [6.45, 7) is 3.87. The van der Waals surface area contributed by atoms with Gasteiger partial charge >= 0.3 is 0 Å². The summed E-state index contributed by atoms with van der Waals surface area (Å²) in [6, 6.07) is 13.0. The number of carbonyl (C=O) groups is 1. The molecule has 0 radical (unpaired) electrons. The third kappa shape index (κ3) is 6.00. The van der Waals surface area contributed by atoms with E-state index in [-0.39, 0.29) is 17.3 Å². The third-order valence-corrected chi connectivity index (χ3v) is 7.50. The van der Waals surface area contributed by atoms with Crippen molar-refractivity contribution in [1.29, 1.82) is 0 Å². The van der Waals surface area contributed by atoms with Crippen molar-refractivity contribution in [2.24, 2.45) is 0 Å². The van der Waals surface area contributed by atoms with Crippen LogP contribution in [0, 0.1) is 6.92 Å². The van der Waals surface area contributed by atoms with E-state index in [1.807, 2.05) is 6.92 Å². The number of anilines is 1. The van der Waals surface area contributed by atoms with Crippen LogP contribution in [0.15, 0.2) is 58.3 Å². The van der Waals surface area contributed by atoms with Crippen molar-refractivity contribution in [1.82, 2.24) is 4.31 Å². The summed E-state index contributed by atoms with van der Waals surface area (Å²) in [5, 5.41) is 2.75. The minimum Gasteiger partial charge on any atom is -0.325 e. The number of hydrogen-bond donors (Lipinski definition) is 2. The number of amides is 1. The molecule has 1 fully saturated rings. The van der Waals surface area contributed by atoms with Crippen LogP contribution in [0.5, 0.6) is 0 Å². The number of benzene rings is 2. The van der Waals surface area contributed by atoms with Crippen molar-refractivity contribution in [3.05, 3.63) is 54.1 Å². The number of carbonyl (C=O) groups excluding carboxylic acids is 1. The topological polar surface area (TPSA) is 70.9 Å². The second kappa shape index (κ2) is 9.86. The van der Waals surface area contributed by atoms with E-state index in [1.54, 1.807) is 36.4 Å². The van der Waals surface area contributed by atoms with Crippen molar-refractivity contribution < 1.29 is 26.9 Å². The third-order valence-electron chi connectivity index (χ3n) is 4.86. The van der Waals surface area contributed by atoms with E-state index in [1.165, 1.54) is 16.4 Å². The summed E-state index contributed by atoms with van der Waals surface area (Å²) in [7, 11) is -3.53. The van der Waals surface area contributed by atoms with Gasteiger partial charge in [-0.3, -0.25) is 4.79 Å². The maximum absolute atomic E-state index is 12.8. The van der Waals surface area contributed by atoms with Crippen molar-refractivity contribution in [2.45, 2.75) is 22.5 Å². The molecule has 1 aliphatic rings. The minimum absolute atomic E-state index is 0.200. The largest absolute Gasteiger partial charge is 0.325 e. The highest BCUT2D eigenvalue weighted by molar-refractivity contribution is 7.99. The molecular formula is C20H24F2N3O3S2+. The Balaban J connectivity index is 1.49. The predicted octanol–water partition coefficient (Wildman–Crippen LogP) is 1.84. The molecule has 0 atom stereocenters. The summed E-state index contributed by atoms with van der Waals surface area (Å²) in [5.74, 6) is -2.68. The highest BCUT2D eigenvalue weighted by Gasteiger charge is 2.31. The van der Waals surface area contributed by atoms with Crippen LogP contribution in [0.2, 0.25) is 0 Å². The first-order valence-corrected chi connectivity index (χ1v) is 11.8. The van der Waals surface area contributed by atoms with Gasteiger partial charge in [0.15, 0.2) is 6.54 Å². The van der Waals surface area contributed by atoms with Crippen molar-refractivity contribution in [3.63, 3.8) is 0 Å². The smallest absolute Gasteiger partial charge is 0.288 e. The number of nitrogens with zero attached hydrogens (tertiary/aromatic N) is 1. The summed E-state index contributed by atoms with van der Waals surface area (Å²) in [5.41, 5.74) is 1.54. The Morgan fingerprint density at radius 2 is 1.70 bits per heavy atom. The number of nitrogens with one attached hydrogen (secondary N) is 2. The molecule has 10 heteroatoms. The molecule has 0 unspecified atom stereocenters. The number of thioether (sulfide) groups is 1. The lowest BCUT2D eigenvalue weighted by molar-refractivity contribution is -0.895. The number of hydrogen-bond acceptors (Lipinski definition) is 4. The SMILES string of the molecule is Cc1ccc(S(=O)(=O)N2CC[NH+](CC(=O)Nc3ccc(SC(F)F)cc3)CC2)cc1. The highest BCUT2D eigenvalue weighted by Crippen LogP contribution is 2.26. The Morgan fingerprint density at radius 3 is 2.27 bits per heavy atom. The van der Waals surface area contributed by atoms with Gasteiger partial charge in [0.05, 0.1) is 31.1 Å². The Bertz CT molecular complexity index is 960. The molecule has 0 spiro atoms. The van der Waals surface area contributed by atoms with Gasteiger partial charge in [0.25, 0.3) is 11.7 Å². The van der Waals surface area contributed by atoms with E-state index in [2.05, 4.69) is 5.32 Å². The zero-order valence-electron chi connectivity index (χ0n) is 16.5. The molecule has 6 nitrogen and oxygen atoms in total. The number of quaternary nitrogens is 1. The molecule has 1 saturated heterocycles. The maximum atomic E-state index is 12.8. The quantitative estimate of drug-likeness (QED) is 0.624. The second-order valence-corrected chi connectivity index (χ2v) is 10.1. The average molecular weight is 457 g/mol. The van der Waals surface area contributed by atoms with Gasteiger partial charge in [0.1, 0.15) is 0 Å². The molecule has 2 N–H and O–H groups in total. The molecule has 1 aliphatic heterocycles. The first-order chi connectivity index (χ1) is 14.2. The molecule has 0 aromatic heterocycles. The van der Waals surface area contributed by atoms with E-state index in [4.69, 9.17) is 0 Å². The second-order valence-electron chi connectivity index (χ2n) is 7.09. The van der Waals surface area contributed by atoms with Gasteiger partial charge in [0, 0.05) is 10.6 Å². The molecule has 2 aromatic rings. The lowest BCUT2D eigenvalue weighted by Gasteiger charge is -2.31. The van der Waals surface area contributed by atoms with Crippen LogP contribution >= 0.6 is 11.8 Å². The van der Waals surface area contributed by atoms with Crippen LogP contribution in [0.3, 0.4) is 0 Å². The molecule has 162 valence electrons. The van der Waals surface area contributed by atoms with Crippen molar-refractivity contribution in [3.8, 4) is 0 Å². The Hall–Kier alpha value is -2.01. The van der Waals surface area contributed by atoms with Crippen LogP contribution in [-0.4, -0.2) is 57.1 Å². The van der Waals surface area contributed by atoms with Crippen LogP contribution in [0.4, 0.5) is 14.5 Å². The zero-order valence-corrected chi connectivity index (χ0v) is 18.1. The fraction of sp³-hybridized carbons (Fsp3) is 0.350. The maximum Gasteiger partial charge on any atom is 0.288 e. The summed E-state index contributed by atoms with van der Waals surface area (Å²) in [4.78, 5) is 14.0. The van der Waals surface area contributed by atoms with E-state index < -0.39 is 15.8 Å². The molecule has 30 heavy (non-hydrogen) atoms. The Morgan fingerprint density at radius 1 is 1.10 bits per heavy atom. The standard InChI is InChI=1S/C20H23F2N3O3S2/c1-15-2-8-18(9-3-15)30(27,28)25-12-10-24(11-13-25)14-19(26)23-16-4-6-17(7-5-16)29-20(21)22/h2-9,20H,10-14H2,1H3,(H,23,26)/p+1. The molecule has 0 aliphatic carbocycles. The monoisotopic (exact) mass is 456 g/mol. The van der Waals surface area contributed by atoms with Crippen LogP contribution in [0.25, 0.3) is 0 Å². The van der Waals surface area contributed by atoms with Gasteiger partial charge < -0.3 is 10.2 Å². The van der Waals surface area contributed by atoms with E-state index >= 15 is 0 Å². The molecule has 1 heterocycles. The van der Waals surface area contributed by atoms with Crippen molar-refractivity contribution >= 4 is 33.4 Å². The zero-order chi connectivity index (χ0) is 21.7. The van der Waals surface area contributed by atoms with Crippen LogP contribution in [0.1, 0.15) is 5.56 Å². The number of aryl methyl sites for hydroxylation is 1. The predicted molar refractivity (Wildman–Crippen MR) is 112 cm³/mol. The highest BCUT2D eigenvalue weighted by atomic mass is 32.2. The molecular weight excluding hydrogens is 432 g/mol. The summed E-state index contributed by atoms with van der Waals surface area (Å²) in [6.07, 6.45) is 0. The Kier molecular flexibility index (Phi) is 7.45. The number of piperazine rings is 1. The van der Waals surface area contributed by atoms with Gasteiger partial charge in [-0.2, -0.15) is 13.1 Å². The van der Waals surface area contributed by atoms with E-state index in [0.717, 1.165) is 10.5 Å². The fourth-order valence-electron chi connectivity index (χ4n) is 3.23. The average Bonchev–Trinajstić information content (AvgIpc) is 2.70. The van der Waals surface area contributed by atoms with Crippen LogP contribution < -0.4 is 10.2 Å². The first kappa shape index (κ1) is 22.7. The van der Waals surface area contributed by atoms with E-state index in [9.17, 15) is 22.0 Å². The molecule has 1 amide bonds. The van der Waals surface area contributed by atoms with E-state index in [0.29, 0.717) is 48.5 Å². The molecule has 3 rings (SSSR count). The number of sulfonamides is 1. The molecule has 2 aromatic carbocycles. The van der Waals surface area contributed by atoms with Gasteiger partial charge in [-0.1, -0.05) is 29.5 Å². The molecule has 0 bridgehead atoms. The van der Waals surface area contributed by atoms with Crippen molar-refractivity contribution in [2.75, 3.05) is 38.0 Å². The lowest BCUT2D eigenvalue weighted by Crippen LogP contribution is -3.15. The number of rotatable bonds is 7. The summed E-state index contributed by atoms with van der Waals surface area (Å²) >= 11 is 0.452. The fourth-order valence-corrected chi connectivity index (χ4v) is 5.17.